The smallest absolute Gasteiger partial charge is 0.257 e. The van der Waals surface area contributed by atoms with E-state index in [2.05, 4.69) is 21.9 Å². The molecule has 6 rings (SSSR count). The van der Waals surface area contributed by atoms with Crippen LogP contribution in [-0.4, -0.2) is 54.5 Å². The topological polar surface area (TPSA) is 45.9 Å². The van der Waals surface area contributed by atoms with Gasteiger partial charge in [-0.15, -0.1) is 0 Å². The maximum Gasteiger partial charge on any atom is 0.257 e. The van der Waals surface area contributed by atoms with Gasteiger partial charge in [0, 0.05) is 18.5 Å². The van der Waals surface area contributed by atoms with Crippen LogP contribution in [0.4, 0.5) is 0 Å². The fraction of sp³-hybridized carbons (Fsp3) is 0.522. The third kappa shape index (κ3) is 2.67. The number of aryl methyl sites for hydroxylation is 2. The molecule has 2 bridgehead atoms. The second-order valence-electron chi connectivity index (χ2n) is 8.52. The van der Waals surface area contributed by atoms with Crippen LogP contribution < -0.4 is 4.74 Å². The first-order chi connectivity index (χ1) is 13.6. The number of nitrogens with zero attached hydrogens (tertiary/aromatic N) is 2. The van der Waals surface area contributed by atoms with Crippen molar-refractivity contribution in [2.75, 3.05) is 26.7 Å². The third-order valence-electron chi connectivity index (χ3n) is 7.07. The molecule has 28 heavy (non-hydrogen) atoms. The predicted octanol–water partition coefficient (Wildman–Crippen LogP) is 3.61. The molecular weight excluding hydrogens is 352 g/mol. The van der Waals surface area contributed by atoms with Gasteiger partial charge in [0.1, 0.15) is 17.3 Å². The van der Waals surface area contributed by atoms with E-state index < -0.39 is 0 Å². The van der Waals surface area contributed by atoms with Gasteiger partial charge in [-0.1, -0.05) is 12.1 Å². The van der Waals surface area contributed by atoms with Gasteiger partial charge in [0.05, 0.1) is 18.7 Å². The van der Waals surface area contributed by atoms with Crippen molar-refractivity contribution in [3.05, 3.63) is 53.0 Å². The molecular formula is C23H28N2O3. The molecule has 5 nitrogen and oxygen atoms in total. The van der Waals surface area contributed by atoms with Gasteiger partial charge in [0.25, 0.3) is 5.91 Å². The summed E-state index contributed by atoms with van der Waals surface area (Å²) in [6.07, 6.45) is 2.40. The Morgan fingerprint density at radius 1 is 1.11 bits per heavy atom. The lowest BCUT2D eigenvalue weighted by Gasteiger charge is -2.51. The van der Waals surface area contributed by atoms with Gasteiger partial charge < -0.3 is 14.1 Å². The van der Waals surface area contributed by atoms with Crippen molar-refractivity contribution in [2.24, 2.45) is 5.92 Å². The molecule has 0 unspecified atom stereocenters. The molecule has 5 heteroatoms. The van der Waals surface area contributed by atoms with Gasteiger partial charge in [0.15, 0.2) is 0 Å². The lowest BCUT2D eigenvalue weighted by Crippen LogP contribution is -2.60. The minimum absolute atomic E-state index is 0.133. The first-order valence-corrected chi connectivity index (χ1v) is 10.3. The van der Waals surface area contributed by atoms with Crippen LogP contribution in [0.5, 0.6) is 5.75 Å². The summed E-state index contributed by atoms with van der Waals surface area (Å²) < 4.78 is 11.0. The molecule has 4 saturated heterocycles. The van der Waals surface area contributed by atoms with E-state index in [0.717, 1.165) is 42.5 Å². The zero-order chi connectivity index (χ0) is 19.4. The minimum atomic E-state index is 0.133. The van der Waals surface area contributed by atoms with E-state index in [9.17, 15) is 4.79 Å². The quantitative estimate of drug-likeness (QED) is 0.816. The Balaban J connectivity index is 1.51. The molecule has 2 aromatic rings. The Hall–Kier alpha value is -2.27. The van der Waals surface area contributed by atoms with Crippen LogP contribution in [-0.2, 0) is 0 Å². The number of carbonyl (C=O) groups is 1. The van der Waals surface area contributed by atoms with E-state index in [1.807, 2.05) is 32.0 Å². The predicted molar refractivity (Wildman–Crippen MR) is 107 cm³/mol. The standard InChI is InChI=1S/C23H28N2O3/c1-14-12-19(15(2)28-14)23(26)25-13-20(16-4-6-18(27-3)7-5-16)22-21(25)17-8-10-24(22)11-9-17/h4-7,12,17,20-22H,8-11,13H2,1-3H3/t20-,21+,22+/m0/s1. The molecule has 0 radical (unpaired) electrons. The van der Waals surface area contributed by atoms with E-state index in [0.29, 0.717) is 23.9 Å². The highest BCUT2D eigenvalue weighted by atomic mass is 16.5. The lowest BCUT2D eigenvalue weighted by atomic mass is 9.75. The maximum atomic E-state index is 13.5. The van der Waals surface area contributed by atoms with Crippen molar-refractivity contribution in [3.8, 4) is 5.75 Å². The number of rotatable bonds is 3. The number of carbonyl (C=O) groups excluding carboxylic acids is 1. The average molecular weight is 380 g/mol. The number of benzene rings is 1. The van der Waals surface area contributed by atoms with Crippen LogP contribution in [0.15, 0.2) is 34.7 Å². The summed E-state index contributed by atoms with van der Waals surface area (Å²) in [6, 6.07) is 11.0. The number of likely N-dealkylation sites (tertiary alicyclic amines) is 1. The number of hydrogen-bond acceptors (Lipinski definition) is 4. The monoisotopic (exact) mass is 380 g/mol. The summed E-state index contributed by atoms with van der Waals surface area (Å²) in [6.45, 7) is 6.89. The average Bonchev–Trinajstić information content (AvgIpc) is 3.30. The summed E-state index contributed by atoms with van der Waals surface area (Å²) in [4.78, 5) is 18.3. The Morgan fingerprint density at radius 3 is 2.43 bits per heavy atom. The molecule has 0 spiro atoms. The van der Waals surface area contributed by atoms with Crippen LogP contribution in [0.25, 0.3) is 0 Å². The van der Waals surface area contributed by atoms with Crippen LogP contribution >= 0.6 is 0 Å². The highest BCUT2D eigenvalue weighted by Crippen LogP contribution is 2.47. The van der Waals surface area contributed by atoms with E-state index >= 15 is 0 Å². The summed E-state index contributed by atoms with van der Waals surface area (Å²) >= 11 is 0. The second-order valence-corrected chi connectivity index (χ2v) is 8.52. The van der Waals surface area contributed by atoms with Gasteiger partial charge in [-0.05, 0) is 69.5 Å². The largest absolute Gasteiger partial charge is 0.497 e. The minimum Gasteiger partial charge on any atom is -0.497 e. The number of amides is 1. The maximum absolute atomic E-state index is 13.5. The Labute approximate surface area is 166 Å². The van der Waals surface area contributed by atoms with Crippen LogP contribution in [0.1, 0.15) is 46.2 Å². The van der Waals surface area contributed by atoms with E-state index in [-0.39, 0.29) is 5.91 Å². The molecule has 1 amide bonds. The van der Waals surface area contributed by atoms with Crippen LogP contribution in [0.2, 0.25) is 0 Å². The number of methoxy groups -OCH3 is 1. The van der Waals surface area contributed by atoms with Gasteiger partial charge in [0.2, 0.25) is 0 Å². The van der Waals surface area contributed by atoms with Crippen molar-refractivity contribution in [3.63, 3.8) is 0 Å². The second kappa shape index (κ2) is 6.66. The molecule has 148 valence electrons. The van der Waals surface area contributed by atoms with E-state index in [1.54, 1.807) is 7.11 Å². The van der Waals surface area contributed by atoms with Crippen molar-refractivity contribution < 1.29 is 13.9 Å². The number of furan rings is 1. The number of ether oxygens (including phenoxy) is 1. The van der Waals surface area contributed by atoms with Crippen molar-refractivity contribution in [1.29, 1.82) is 0 Å². The van der Waals surface area contributed by atoms with E-state index in [4.69, 9.17) is 9.15 Å². The van der Waals surface area contributed by atoms with Gasteiger partial charge in [-0.25, -0.2) is 0 Å². The molecule has 4 fully saturated rings. The SMILES string of the molecule is COc1ccc([C@@H]2CN(C(=O)c3cc(C)oc3C)[C@@H]3C4CCN(CC4)[C@@H]32)cc1. The highest BCUT2D eigenvalue weighted by molar-refractivity contribution is 5.96. The fourth-order valence-corrected chi connectivity index (χ4v) is 5.80. The summed E-state index contributed by atoms with van der Waals surface area (Å²) in [5.41, 5.74) is 2.03. The lowest BCUT2D eigenvalue weighted by molar-refractivity contribution is -0.00345. The molecule has 0 N–H and O–H groups in total. The third-order valence-corrected chi connectivity index (χ3v) is 7.07. The summed E-state index contributed by atoms with van der Waals surface area (Å²) in [7, 11) is 1.70. The zero-order valence-corrected chi connectivity index (χ0v) is 16.9. The molecule has 1 aromatic carbocycles. The number of fused-ring (bicyclic) bond motifs is 2. The van der Waals surface area contributed by atoms with Gasteiger partial charge in [-0.2, -0.15) is 0 Å². The molecule has 4 aliphatic rings. The Bertz CT molecular complexity index is 880. The molecule has 0 aliphatic carbocycles. The number of hydrogen-bond donors (Lipinski definition) is 0. The van der Waals surface area contributed by atoms with E-state index in [1.165, 1.54) is 18.4 Å². The zero-order valence-electron chi connectivity index (χ0n) is 16.9. The van der Waals surface area contributed by atoms with Crippen molar-refractivity contribution in [2.45, 2.75) is 44.7 Å². The first kappa shape index (κ1) is 17.8. The summed E-state index contributed by atoms with van der Waals surface area (Å²) in [5, 5.41) is 0. The summed E-state index contributed by atoms with van der Waals surface area (Å²) in [5.74, 6) is 3.49. The van der Waals surface area contributed by atoms with Crippen molar-refractivity contribution in [1.82, 2.24) is 9.80 Å². The van der Waals surface area contributed by atoms with Gasteiger partial charge in [-0.3, -0.25) is 9.69 Å². The molecule has 4 aliphatic heterocycles. The fourth-order valence-electron chi connectivity index (χ4n) is 5.80. The molecule has 3 atom stereocenters. The van der Waals surface area contributed by atoms with Crippen LogP contribution in [0, 0.1) is 19.8 Å². The van der Waals surface area contributed by atoms with Crippen LogP contribution in [0.3, 0.4) is 0 Å². The first-order valence-electron chi connectivity index (χ1n) is 10.3. The highest BCUT2D eigenvalue weighted by Gasteiger charge is 2.54. The molecule has 1 aromatic heterocycles. The van der Waals surface area contributed by atoms with Crippen molar-refractivity contribution >= 4 is 5.91 Å². The number of piperidine rings is 3. The van der Waals surface area contributed by atoms with Gasteiger partial charge >= 0.3 is 0 Å². The molecule has 5 heterocycles. The molecule has 0 saturated carbocycles. The Kier molecular flexibility index (Phi) is 4.23. The Morgan fingerprint density at radius 2 is 1.82 bits per heavy atom. The normalized spacial score (nSPS) is 31.1.